The number of carbonyl (C=O) groups is 3. The van der Waals surface area contributed by atoms with Crippen molar-refractivity contribution in [2.75, 3.05) is 29.9 Å². The molecule has 4 amide bonds. The van der Waals surface area contributed by atoms with E-state index in [2.05, 4.69) is 15.5 Å². The lowest BCUT2D eigenvalue weighted by Crippen LogP contribution is -2.44. The van der Waals surface area contributed by atoms with Crippen molar-refractivity contribution in [1.29, 1.82) is 0 Å². The summed E-state index contributed by atoms with van der Waals surface area (Å²) in [6, 6.07) is 12.5. The number of halogens is 1. The topological polar surface area (TPSA) is 81.8 Å². The lowest BCUT2D eigenvalue weighted by Gasteiger charge is -2.28. The summed E-state index contributed by atoms with van der Waals surface area (Å²) in [4.78, 5) is 42.1. The van der Waals surface area contributed by atoms with Gasteiger partial charge in [0.05, 0.1) is 0 Å². The van der Waals surface area contributed by atoms with Gasteiger partial charge in [0.2, 0.25) is 5.91 Å². The van der Waals surface area contributed by atoms with Crippen molar-refractivity contribution in [2.45, 2.75) is 51.0 Å². The number of benzene rings is 2. The number of hydrogen-bond donors (Lipinski definition) is 2. The van der Waals surface area contributed by atoms with E-state index in [1.165, 1.54) is 43.5 Å². The first-order chi connectivity index (χ1) is 16.4. The Balaban J connectivity index is 1.44. The minimum Gasteiger partial charge on any atom is -0.372 e. The van der Waals surface area contributed by atoms with E-state index < -0.39 is 35.7 Å². The van der Waals surface area contributed by atoms with Gasteiger partial charge in [-0.3, -0.25) is 14.5 Å². The van der Waals surface area contributed by atoms with Gasteiger partial charge in [-0.25, -0.2) is 9.18 Å². The lowest BCUT2D eigenvalue weighted by atomic mass is 9.85. The summed E-state index contributed by atoms with van der Waals surface area (Å²) in [7, 11) is 0. The molecule has 2 aliphatic rings. The number of nitrogens with zero attached hydrogens (tertiary/aromatic N) is 2. The molecular formula is C26H31FN4O3. The number of carbonyl (C=O) groups excluding carboxylic acids is 3. The van der Waals surface area contributed by atoms with Gasteiger partial charge in [-0.1, -0.05) is 31.9 Å². The van der Waals surface area contributed by atoms with E-state index in [0.29, 0.717) is 24.1 Å². The predicted octanol–water partition coefficient (Wildman–Crippen LogP) is 4.39. The maximum absolute atomic E-state index is 13.5. The monoisotopic (exact) mass is 466 g/mol. The molecule has 2 aromatic rings. The first-order valence-corrected chi connectivity index (χ1v) is 12.0. The van der Waals surface area contributed by atoms with Crippen LogP contribution in [0.2, 0.25) is 0 Å². The smallest absolute Gasteiger partial charge is 0.325 e. The third-order valence-corrected chi connectivity index (χ3v) is 6.59. The molecule has 2 N–H and O–H groups in total. The highest BCUT2D eigenvalue weighted by Gasteiger charge is 2.52. The highest BCUT2D eigenvalue weighted by Crippen LogP contribution is 2.34. The van der Waals surface area contributed by atoms with Crippen LogP contribution in [-0.2, 0) is 15.1 Å². The highest BCUT2D eigenvalue weighted by molar-refractivity contribution is 6.10. The van der Waals surface area contributed by atoms with E-state index in [9.17, 15) is 18.8 Å². The quantitative estimate of drug-likeness (QED) is 0.566. The van der Waals surface area contributed by atoms with Gasteiger partial charge in [-0.05, 0) is 67.6 Å². The molecule has 0 saturated carbocycles. The van der Waals surface area contributed by atoms with E-state index in [1.807, 2.05) is 31.2 Å². The molecule has 0 bridgehead atoms. The Hall–Kier alpha value is -3.42. The lowest BCUT2D eigenvalue weighted by molar-refractivity contribution is -0.134. The Kier molecular flexibility index (Phi) is 7.14. The number of imide groups is 1. The van der Waals surface area contributed by atoms with E-state index >= 15 is 0 Å². The summed E-state index contributed by atoms with van der Waals surface area (Å²) in [6.45, 7) is 3.66. The van der Waals surface area contributed by atoms with Crippen molar-refractivity contribution >= 4 is 29.2 Å². The van der Waals surface area contributed by atoms with E-state index in [4.69, 9.17) is 0 Å². The van der Waals surface area contributed by atoms with Crippen LogP contribution >= 0.6 is 0 Å². The predicted molar refractivity (Wildman–Crippen MR) is 129 cm³/mol. The van der Waals surface area contributed by atoms with Crippen molar-refractivity contribution in [3.05, 3.63) is 59.9 Å². The Morgan fingerprint density at radius 1 is 1.03 bits per heavy atom. The van der Waals surface area contributed by atoms with Gasteiger partial charge < -0.3 is 15.5 Å². The molecule has 2 fully saturated rings. The summed E-state index contributed by atoms with van der Waals surface area (Å²) >= 11 is 0. The van der Waals surface area contributed by atoms with Crippen LogP contribution < -0.4 is 15.5 Å². The molecule has 0 spiro atoms. The largest absolute Gasteiger partial charge is 0.372 e. The van der Waals surface area contributed by atoms with Gasteiger partial charge in [0.25, 0.3) is 5.91 Å². The Bertz CT molecular complexity index is 1040. The zero-order valence-corrected chi connectivity index (χ0v) is 19.5. The van der Waals surface area contributed by atoms with Crippen molar-refractivity contribution < 1.29 is 18.8 Å². The number of anilines is 2. The number of urea groups is 1. The van der Waals surface area contributed by atoms with Gasteiger partial charge in [-0.2, -0.15) is 0 Å². The normalized spacial score (nSPS) is 20.4. The summed E-state index contributed by atoms with van der Waals surface area (Å²) in [6.07, 6.45) is 5.50. The van der Waals surface area contributed by atoms with Crippen molar-refractivity contribution in [1.82, 2.24) is 10.2 Å². The zero-order chi connectivity index (χ0) is 24.1. The highest BCUT2D eigenvalue weighted by atomic mass is 19.1. The minimum absolute atomic E-state index is 0.371. The van der Waals surface area contributed by atoms with Crippen molar-refractivity contribution in [3.63, 3.8) is 0 Å². The summed E-state index contributed by atoms with van der Waals surface area (Å²) in [5.74, 6) is -1.37. The maximum atomic E-state index is 13.5. The van der Waals surface area contributed by atoms with Crippen LogP contribution in [0.3, 0.4) is 0 Å². The van der Waals surface area contributed by atoms with E-state index in [1.54, 1.807) is 0 Å². The fourth-order valence-electron chi connectivity index (χ4n) is 4.71. The van der Waals surface area contributed by atoms with Gasteiger partial charge in [0, 0.05) is 24.5 Å². The molecular weight excluding hydrogens is 435 g/mol. The summed E-state index contributed by atoms with van der Waals surface area (Å²) in [5.41, 5.74) is 0.939. The van der Waals surface area contributed by atoms with E-state index in [-0.39, 0.29) is 0 Å². The third kappa shape index (κ3) is 4.90. The third-order valence-electron chi connectivity index (χ3n) is 6.59. The SMILES string of the molecule is CCCCC1(c2ccc(F)cc2)NC(=O)N(CC(=O)Nc2ccc(N3CCCCC3)cc2)C1=O. The number of nitrogens with one attached hydrogen (secondary N) is 2. The van der Waals surface area contributed by atoms with Crippen LogP contribution in [0.1, 0.15) is 51.0 Å². The second-order valence-corrected chi connectivity index (χ2v) is 8.98. The molecule has 4 rings (SSSR count). The van der Waals surface area contributed by atoms with Gasteiger partial charge >= 0.3 is 6.03 Å². The summed E-state index contributed by atoms with van der Waals surface area (Å²) in [5, 5.41) is 5.56. The zero-order valence-electron chi connectivity index (χ0n) is 19.5. The molecule has 0 aliphatic carbocycles. The Morgan fingerprint density at radius 2 is 1.71 bits per heavy atom. The first kappa shape index (κ1) is 23.7. The fourth-order valence-corrected chi connectivity index (χ4v) is 4.71. The standard InChI is InChI=1S/C26H31FN4O3/c1-2-3-15-26(19-7-9-20(27)10-8-19)24(33)31(25(34)29-26)18-23(32)28-21-11-13-22(14-12-21)30-16-5-4-6-17-30/h7-14H,2-6,15-18H2,1H3,(H,28,32)(H,29,34). The molecule has 2 aliphatic heterocycles. The van der Waals surface area contributed by atoms with Crippen molar-refractivity contribution in [2.24, 2.45) is 0 Å². The second-order valence-electron chi connectivity index (χ2n) is 8.98. The van der Waals surface area contributed by atoms with Gasteiger partial charge in [-0.15, -0.1) is 0 Å². The average Bonchev–Trinajstić information content (AvgIpc) is 3.09. The molecule has 1 atom stereocenters. The molecule has 1 unspecified atom stereocenters. The Labute approximate surface area is 199 Å². The molecule has 0 aromatic heterocycles. The molecule has 2 saturated heterocycles. The Morgan fingerprint density at radius 3 is 2.35 bits per heavy atom. The van der Waals surface area contributed by atoms with Gasteiger partial charge in [0.1, 0.15) is 17.9 Å². The average molecular weight is 467 g/mol. The molecule has 7 nitrogen and oxygen atoms in total. The van der Waals surface area contributed by atoms with E-state index in [0.717, 1.165) is 30.1 Å². The number of unbranched alkanes of at least 4 members (excludes halogenated alkanes) is 1. The fraction of sp³-hybridized carbons (Fsp3) is 0.423. The minimum atomic E-state index is -1.29. The molecule has 180 valence electrons. The number of hydrogen-bond acceptors (Lipinski definition) is 4. The van der Waals surface area contributed by atoms with Crippen LogP contribution in [0.4, 0.5) is 20.6 Å². The second kappa shape index (κ2) is 10.2. The molecule has 2 heterocycles. The molecule has 0 radical (unpaired) electrons. The number of amides is 4. The number of piperidine rings is 1. The van der Waals surface area contributed by atoms with Crippen LogP contribution in [0.25, 0.3) is 0 Å². The van der Waals surface area contributed by atoms with Crippen molar-refractivity contribution in [3.8, 4) is 0 Å². The van der Waals surface area contributed by atoms with Crippen LogP contribution in [0.5, 0.6) is 0 Å². The maximum Gasteiger partial charge on any atom is 0.325 e. The summed E-state index contributed by atoms with van der Waals surface area (Å²) < 4.78 is 13.5. The van der Waals surface area contributed by atoms with Crippen LogP contribution in [-0.4, -0.2) is 42.4 Å². The van der Waals surface area contributed by atoms with Crippen LogP contribution in [0, 0.1) is 5.82 Å². The van der Waals surface area contributed by atoms with Crippen LogP contribution in [0.15, 0.2) is 48.5 Å². The first-order valence-electron chi connectivity index (χ1n) is 12.0. The van der Waals surface area contributed by atoms with Gasteiger partial charge in [0.15, 0.2) is 0 Å². The molecule has 34 heavy (non-hydrogen) atoms. The molecule has 8 heteroatoms. The molecule has 2 aromatic carbocycles. The number of rotatable bonds is 8.